The first kappa shape index (κ1) is 14.4. The summed E-state index contributed by atoms with van der Waals surface area (Å²) in [7, 11) is 2.05. The summed E-state index contributed by atoms with van der Waals surface area (Å²) in [6, 6.07) is 18.5. The molecule has 1 aromatic heterocycles. The molecule has 22 heavy (non-hydrogen) atoms. The highest BCUT2D eigenvalue weighted by atomic mass is 16.1. The van der Waals surface area contributed by atoms with Gasteiger partial charge in [-0.3, -0.25) is 4.79 Å². The molecule has 0 saturated carbocycles. The van der Waals surface area contributed by atoms with Gasteiger partial charge in [0.2, 0.25) is 5.91 Å². The molecular formula is C19H20N2O. The highest BCUT2D eigenvalue weighted by Crippen LogP contribution is 2.29. The van der Waals surface area contributed by atoms with Crippen molar-refractivity contribution in [3.05, 3.63) is 54.6 Å². The maximum atomic E-state index is 11.8. The Bertz CT molecular complexity index is 816. The van der Waals surface area contributed by atoms with Crippen LogP contribution in [0.1, 0.15) is 13.8 Å². The molecule has 3 heteroatoms. The highest BCUT2D eigenvalue weighted by Gasteiger charge is 2.10. The first-order valence-electron chi connectivity index (χ1n) is 7.52. The van der Waals surface area contributed by atoms with E-state index in [1.807, 2.05) is 44.2 Å². The molecule has 112 valence electrons. The molecule has 3 nitrogen and oxygen atoms in total. The molecule has 1 heterocycles. The van der Waals surface area contributed by atoms with Crippen molar-refractivity contribution in [2.24, 2.45) is 13.0 Å². The lowest BCUT2D eigenvalue weighted by atomic mass is 10.1. The zero-order chi connectivity index (χ0) is 15.7. The molecule has 1 amide bonds. The van der Waals surface area contributed by atoms with Gasteiger partial charge in [-0.25, -0.2) is 0 Å². The van der Waals surface area contributed by atoms with E-state index in [-0.39, 0.29) is 11.8 Å². The van der Waals surface area contributed by atoms with E-state index in [9.17, 15) is 4.79 Å². The van der Waals surface area contributed by atoms with Crippen LogP contribution in [0.3, 0.4) is 0 Å². The van der Waals surface area contributed by atoms with Gasteiger partial charge >= 0.3 is 0 Å². The van der Waals surface area contributed by atoms with E-state index >= 15 is 0 Å². The lowest BCUT2D eigenvalue weighted by Gasteiger charge is -2.09. The van der Waals surface area contributed by atoms with Crippen molar-refractivity contribution in [2.45, 2.75) is 13.8 Å². The number of carbonyl (C=O) groups excluding carboxylic acids is 1. The van der Waals surface area contributed by atoms with Gasteiger partial charge in [0, 0.05) is 29.7 Å². The Labute approximate surface area is 130 Å². The van der Waals surface area contributed by atoms with Crippen LogP contribution < -0.4 is 5.32 Å². The SMILES string of the molecule is CC(C)C(=O)Nc1ccc2cc(-c3ccccc3)n(C)c2c1. The van der Waals surface area contributed by atoms with Crippen molar-refractivity contribution in [3.63, 3.8) is 0 Å². The van der Waals surface area contributed by atoms with Crippen molar-refractivity contribution in [3.8, 4) is 11.3 Å². The van der Waals surface area contributed by atoms with Gasteiger partial charge in [-0.05, 0) is 23.8 Å². The highest BCUT2D eigenvalue weighted by molar-refractivity contribution is 5.96. The summed E-state index contributed by atoms with van der Waals surface area (Å²) in [5.74, 6) is 0.0147. The molecule has 0 unspecified atom stereocenters. The first-order valence-corrected chi connectivity index (χ1v) is 7.52. The monoisotopic (exact) mass is 292 g/mol. The van der Waals surface area contributed by atoms with Crippen molar-refractivity contribution < 1.29 is 4.79 Å². The number of carbonyl (C=O) groups is 1. The predicted molar refractivity (Wildman–Crippen MR) is 91.8 cm³/mol. The molecule has 3 aromatic rings. The predicted octanol–water partition coefficient (Wildman–Crippen LogP) is 4.44. The van der Waals surface area contributed by atoms with Gasteiger partial charge in [0.15, 0.2) is 0 Å². The van der Waals surface area contributed by atoms with E-state index in [1.165, 1.54) is 16.6 Å². The number of nitrogens with zero attached hydrogens (tertiary/aromatic N) is 1. The van der Waals surface area contributed by atoms with Gasteiger partial charge in [0.25, 0.3) is 0 Å². The average Bonchev–Trinajstić information content (AvgIpc) is 2.85. The van der Waals surface area contributed by atoms with Crippen molar-refractivity contribution >= 4 is 22.5 Å². The molecule has 0 aliphatic carbocycles. The normalized spacial score (nSPS) is 11.1. The quantitative estimate of drug-likeness (QED) is 0.761. The standard InChI is InChI=1S/C19H20N2O/c1-13(2)19(22)20-16-10-9-15-11-17(21(3)18(15)12-16)14-7-5-4-6-8-14/h4-13H,1-3H3,(H,20,22). The second-order valence-corrected chi connectivity index (χ2v) is 5.87. The van der Waals surface area contributed by atoms with E-state index in [1.54, 1.807) is 0 Å². The van der Waals surface area contributed by atoms with E-state index in [2.05, 4.69) is 41.2 Å². The lowest BCUT2D eigenvalue weighted by molar-refractivity contribution is -0.118. The Morgan fingerprint density at radius 1 is 1.05 bits per heavy atom. The fraction of sp³-hybridized carbons (Fsp3) is 0.211. The molecule has 0 spiro atoms. The van der Waals surface area contributed by atoms with Gasteiger partial charge in [0.1, 0.15) is 0 Å². The molecule has 0 aliphatic heterocycles. The molecule has 0 fully saturated rings. The van der Waals surface area contributed by atoms with Crippen LogP contribution in [0, 0.1) is 5.92 Å². The molecule has 0 saturated heterocycles. The number of hydrogen-bond donors (Lipinski definition) is 1. The van der Waals surface area contributed by atoms with Crippen molar-refractivity contribution in [2.75, 3.05) is 5.32 Å². The van der Waals surface area contributed by atoms with Gasteiger partial charge < -0.3 is 9.88 Å². The molecular weight excluding hydrogens is 272 g/mol. The number of aromatic nitrogens is 1. The minimum absolute atomic E-state index is 0.0241. The van der Waals surface area contributed by atoms with Gasteiger partial charge in [0.05, 0.1) is 5.52 Å². The molecule has 0 radical (unpaired) electrons. The number of rotatable bonds is 3. The second kappa shape index (κ2) is 5.68. The molecule has 0 atom stereocenters. The minimum atomic E-state index is -0.0241. The van der Waals surface area contributed by atoms with E-state index in [0.717, 1.165) is 11.2 Å². The van der Waals surface area contributed by atoms with Crippen LogP contribution in [-0.4, -0.2) is 10.5 Å². The number of anilines is 1. The van der Waals surface area contributed by atoms with E-state index in [0.29, 0.717) is 0 Å². The molecule has 0 aliphatic rings. The number of aryl methyl sites for hydroxylation is 1. The Morgan fingerprint density at radius 2 is 1.77 bits per heavy atom. The smallest absolute Gasteiger partial charge is 0.226 e. The minimum Gasteiger partial charge on any atom is -0.344 e. The summed E-state index contributed by atoms with van der Waals surface area (Å²) >= 11 is 0. The number of benzene rings is 2. The van der Waals surface area contributed by atoms with E-state index < -0.39 is 0 Å². The van der Waals surface area contributed by atoms with Crippen LogP contribution in [0.15, 0.2) is 54.6 Å². The summed E-state index contributed by atoms with van der Waals surface area (Å²) in [6.45, 7) is 3.79. The summed E-state index contributed by atoms with van der Waals surface area (Å²) in [4.78, 5) is 11.8. The number of hydrogen-bond acceptors (Lipinski definition) is 1. The second-order valence-electron chi connectivity index (χ2n) is 5.87. The number of fused-ring (bicyclic) bond motifs is 1. The Balaban J connectivity index is 2.03. The Hall–Kier alpha value is -2.55. The van der Waals surface area contributed by atoms with Gasteiger partial charge in [-0.2, -0.15) is 0 Å². The van der Waals surface area contributed by atoms with Crippen molar-refractivity contribution in [1.82, 2.24) is 4.57 Å². The third kappa shape index (κ3) is 2.62. The van der Waals surface area contributed by atoms with Crippen LogP contribution in [0.2, 0.25) is 0 Å². The van der Waals surface area contributed by atoms with Crippen LogP contribution in [0.25, 0.3) is 22.2 Å². The number of nitrogens with one attached hydrogen (secondary N) is 1. The summed E-state index contributed by atoms with van der Waals surface area (Å²) in [5.41, 5.74) is 4.31. The fourth-order valence-corrected chi connectivity index (χ4v) is 2.58. The number of amides is 1. The summed E-state index contributed by atoms with van der Waals surface area (Å²) < 4.78 is 2.16. The third-order valence-electron chi connectivity index (χ3n) is 3.91. The average molecular weight is 292 g/mol. The summed E-state index contributed by atoms with van der Waals surface area (Å²) in [6.07, 6.45) is 0. The van der Waals surface area contributed by atoms with Gasteiger partial charge in [-0.1, -0.05) is 50.2 Å². The molecule has 2 aromatic carbocycles. The van der Waals surface area contributed by atoms with Crippen LogP contribution in [-0.2, 0) is 11.8 Å². The maximum Gasteiger partial charge on any atom is 0.226 e. The largest absolute Gasteiger partial charge is 0.344 e. The molecule has 0 bridgehead atoms. The van der Waals surface area contributed by atoms with Crippen LogP contribution >= 0.6 is 0 Å². The first-order chi connectivity index (χ1) is 10.6. The Kier molecular flexibility index (Phi) is 3.72. The lowest BCUT2D eigenvalue weighted by Crippen LogP contribution is -2.17. The fourth-order valence-electron chi connectivity index (χ4n) is 2.58. The van der Waals surface area contributed by atoms with Crippen molar-refractivity contribution in [1.29, 1.82) is 0 Å². The van der Waals surface area contributed by atoms with Crippen LogP contribution in [0.5, 0.6) is 0 Å². The molecule has 3 rings (SSSR count). The van der Waals surface area contributed by atoms with Gasteiger partial charge in [-0.15, -0.1) is 0 Å². The zero-order valence-corrected chi connectivity index (χ0v) is 13.1. The van der Waals surface area contributed by atoms with Crippen LogP contribution in [0.4, 0.5) is 5.69 Å². The Morgan fingerprint density at radius 3 is 2.45 bits per heavy atom. The topological polar surface area (TPSA) is 34.0 Å². The third-order valence-corrected chi connectivity index (χ3v) is 3.91. The summed E-state index contributed by atoms with van der Waals surface area (Å²) in [5, 5.41) is 4.13. The maximum absolute atomic E-state index is 11.8. The van der Waals surface area contributed by atoms with E-state index in [4.69, 9.17) is 0 Å². The molecule has 1 N–H and O–H groups in total. The zero-order valence-electron chi connectivity index (χ0n) is 13.1.